The molecule has 1 aliphatic rings. The Kier molecular flexibility index (Phi) is 5.44. The summed E-state index contributed by atoms with van der Waals surface area (Å²) in [5.41, 5.74) is 0.440. The molecule has 6 heteroatoms. The van der Waals surface area contributed by atoms with Crippen LogP contribution in [0.2, 0.25) is 0 Å². The average Bonchev–Trinajstić information content (AvgIpc) is 2.48. The fourth-order valence-corrected chi connectivity index (χ4v) is 2.59. The molecule has 1 heterocycles. The van der Waals surface area contributed by atoms with Crippen LogP contribution in [0.1, 0.15) is 29.6 Å². The maximum atomic E-state index is 12.1. The molecule has 21 heavy (non-hydrogen) atoms. The van der Waals surface area contributed by atoms with Crippen LogP contribution in [0.25, 0.3) is 0 Å². The molecule has 0 radical (unpaired) electrons. The van der Waals surface area contributed by atoms with Gasteiger partial charge in [0.2, 0.25) is 5.91 Å². The van der Waals surface area contributed by atoms with E-state index < -0.39 is 0 Å². The molecule has 1 fully saturated rings. The molecule has 2 N–H and O–H groups in total. The van der Waals surface area contributed by atoms with Crippen LogP contribution in [0.5, 0.6) is 5.75 Å². The molecule has 0 atom stereocenters. The number of hydrogen-bond donors (Lipinski definition) is 2. The number of nitrogens with zero attached hydrogens (tertiary/aromatic N) is 1. The number of rotatable bonds is 4. The Balaban J connectivity index is 1.83. The number of halogens is 1. The van der Waals surface area contributed by atoms with Gasteiger partial charge in [-0.1, -0.05) is 6.07 Å². The van der Waals surface area contributed by atoms with Crippen molar-refractivity contribution in [3.63, 3.8) is 0 Å². The van der Waals surface area contributed by atoms with Gasteiger partial charge in [0.25, 0.3) is 5.91 Å². The highest BCUT2D eigenvalue weighted by atomic mass is 35.5. The summed E-state index contributed by atoms with van der Waals surface area (Å²) in [6, 6.07) is 6.32. The van der Waals surface area contributed by atoms with E-state index in [2.05, 4.69) is 5.32 Å². The van der Waals surface area contributed by atoms with Gasteiger partial charge in [0.15, 0.2) is 0 Å². The van der Waals surface area contributed by atoms with Crippen molar-refractivity contribution in [1.82, 2.24) is 10.2 Å². The molecule has 2 amide bonds. The van der Waals surface area contributed by atoms with Crippen LogP contribution in [0.15, 0.2) is 24.3 Å². The number of carbonyl (C=O) groups is 2. The minimum absolute atomic E-state index is 0.0555. The zero-order valence-corrected chi connectivity index (χ0v) is 12.5. The molecule has 0 unspecified atom stereocenters. The lowest BCUT2D eigenvalue weighted by Gasteiger charge is -2.32. The Bertz CT molecular complexity index is 513. The fourth-order valence-electron chi connectivity index (χ4n) is 2.43. The number of alkyl halides is 1. The number of likely N-dealkylation sites (tertiary alicyclic amines) is 1. The molecule has 1 aromatic carbocycles. The van der Waals surface area contributed by atoms with Crippen LogP contribution < -0.4 is 5.32 Å². The van der Waals surface area contributed by atoms with Gasteiger partial charge in [0.05, 0.1) is 0 Å². The van der Waals surface area contributed by atoms with E-state index in [4.69, 9.17) is 11.6 Å². The number of piperidine rings is 1. The lowest BCUT2D eigenvalue weighted by molar-refractivity contribution is -0.131. The highest BCUT2D eigenvalue weighted by Gasteiger charge is 2.23. The summed E-state index contributed by atoms with van der Waals surface area (Å²) >= 11 is 5.57. The van der Waals surface area contributed by atoms with Crippen molar-refractivity contribution in [3.8, 4) is 5.75 Å². The van der Waals surface area contributed by atoms with Gasteiger partial charge >= 0.3 is 0 Å². The van der Waals surface area contributed by atoms with E-state index >= 15 is 0 Å². The second-order valence-corrected chi connectivity index (χ2v) is 5.50. The van der Waals surface area contributed by atoms with Gasteiger partial charge < -0.3 is 15.3 Å². The van der Waals surface area contributed by atoms with E-state index in [9.17, 15) is 14.7 Å². The minimum atomic E-state index is -0.198. The third-order valence-electron chi connectivity index (χ3n) is 3.60. The second-order valence-electron chi connectivity index (χ2n) is 5.12. The first kappa shape index (κ1) is 15.6. The van der Waals surface area contributed by atoms with E-state index in [1.807, 2.05) is 0 Å². The van der Waals surface area contributed by atoms with E-state index in [-0.39, 0.29) is 23.6 Å². The predicted molar refractivity (Wildman–Crippen MR) is 80.5 cm³/mol. The maximum Gasteiger partial charge on any atom is 0.251 e. The molecule has 114 valence electrons. The Morgan fingerprint density at radius 2 is 2.05 bits per heavy atom. The molecule has 1 saturated heterocycles. The number of carbonyl (C=O) groups excluding carboxylic acids is 2. The fraction of sp³-hybridized carbons (Fsp3) is 0.467. The SMILES string of the molecule is O=C(NC1CCN(C(=O)CCCl)CC1)c1cccc(O)c1. The van der Waals surface area contributed by atoms with Gasteiger partial charge in [-0.2, -0.15) is 0 Å². The van der Waals surface area contributed by atoms with Crippen molar-refractivity contribution >= 4 is 23.4 Å². The largest absolute Gasteiger partial charge is 0.508 e. The summed E-state index contributed by atoms with van der Waals surface area (Å²) in [7, 11) is 0. The molecule has 2 rings (SSSR count). The molecule has 1 aliphatic heterocycles. The van der Waals surface area contributed by atoms with E-state index in [0.717, 1.165) is 12.8 Å². The molecule has 0 bridgehead atoms. The lowest BCUT2D eigenvalue weighted by Crippen LogP contribution is -2.46. The lowest BCUT2D eigenvalue weighted by atomic mass is 10.0. The van der Waals surface area contributed by atoms with Crippen molar-refractivity contribution in [1.29, 1.82) is 0 Å². The van der Waals surface area contributed by atoms with Gasteiger partial charge in [-0.15, -0.1) is 11.6 Å². The first-order chi connectivity index (χ1) is 10.1. The number of nitrogens with one attached hydrogen (secondary N) is 1. The smallest absolute Gasteiger partial charge is 0.251 e. The Labute approximate surface area is 128 Å². The first-order valence-electron chi connectivity index (χ1n) is 7.04. The van der Waals surface area contributed by atoms with Crippen molar-refractivity contribution in [2.75, 3.05) is 19.0 Å². The molecule has 5 nitrogen and oxygen atoms in total. The monoisotopic (exact) mass is 310 g/mol. The van der Waals surface area contributed by atoms with Crippen LogP contribution >= 0.6 is 11.6 Å². The number of aromatic hydroxyl groups is 1. The zero-order chi connectivity index (χ0) is 15.2. The van der Waals surface area contributed by atoms with Crippen LogP contribution in [0.4, 0.5) is 0 Å². The Morgan fingerprint density at radius 3 is 2.67 bits per heavy atom. The average molecular weight is 311 g/mol. The Hall–Kier alpha value is -1.75. The molecular weight excluding hydrogens is 292 g/mol. The summed E-state index contributed by atoms with van der Waals surface area (Å²) in [6.45, 7) is 1.28. The summed E-state index contributed by atoms with van der Waals surface area (Å²) in [5.74, 6) is 0.288. The van der Waals surface area contributed by atoms with Crippen molar-refractivity contribution < 1.29 is 14.7 Å². The quantitative estimate of drug-likeness (QED) is 0.832. The molecule has 1 aromatic rings. The summed E-state index contributed by atoms with van der Waals surface area (Å²) in [4.78, 5) is 25.6. The molecule has 0 saturated carbocycles. The summed E-state index contributed by atoms with van der Waals surface area (Å²) < 4.78 is 0. The number of benzene rings is 1. The number of phenols is 1. The van der Waals surface area contributed by atoms with Crippen molar-refractivity contribution in [3.05, 3.63) is 29.8 Å². The number of phenolic OH excluding ortho intramolecular Hbond substituents is 1. The topological polar surface area (TPSA) is 69.6 Å². The third-order valence-corrected chi connectivity index (χ3v) is 3.79. The van der Waals surface area contributed by atoms with Crippen molar-refractivity contribution in [2.45, 2.75) is 25.3 Å². The van der Waals surface area contributed by atoms with Crippen LogP contribution in [-0.2, 0) is 4.79 Å². The highest BCUT2D eigenvalue weighted by molar-refractivity contribution is 6.18. The minimum Gasteiger partial charge on any atom is -0.508 e. The van der Waals surface area contributed by atoms with Gasteiger partial charge in [-0.05, 0) is 31.0 Å². The normalized spacial score (nSPS) is 15.8. The van der Waals surface area contributed by atoms with Crippen LogP contribution in [-0.4, -0.2) is 46.8 Å². The summed E-state index contributed by atoms with van der Waals surface area (Å²) in [5, 5.41) is 12.3. The number of amides is 2. The number of hydrogen-bond acceptors (Lipinski definition) is 3. The third kappa shape index (κ3) is 4.36. The van der Waals surface area contributed by atoms with Gasteiger partial charge in [0.1, 0.15) is 5.75 Å². The van der Waals surface area contributed by atoms with Crippen LogP contribution in [0, 0.1) is 0 Å². The molecule has 0 aromatic heterocycles. The van der Waals surface area contributed by atoms with E-state index in [1.54, 1.807) is 17.0 Å². The Morgan fingerprint density at radius 1 is 1.33 bits per heavy atom. The molecular formula is C15H19ClN2O3. The van der Waals surface area contributed by atoms with Gasteiger partial charge in [-0.25, -0.2) is 0 Å². The van der Waals surface area contributed by atoms with E-state index in [1.165, 1.54) is 12.1 Å². The molecule has 0 spiro atoms. The molecule has 0 aliphatic carbocycles. The highest BCUT2D eigenvalue weighted by Crippen LogP contribution is 2.14. The first-order valence-corrected chi connectivity index (χ1v) is 7.57. The van der Waals surface area contributed by atoms with E-state index in [0.29, 0.717) is 31.0 Å². The van der Waals surface area contributed by atoms with Gasteiger partial charge in [-0.3, -0.25) is 9.59 Å². The summed E-state index contributed by atoms with van der Waals surface area (Å²) in [6.07, 6.45) is 1.83. The van der Waals surface area contributed by atoms with Gasteiger partial charge in [0, 0.05) is 37.0 Å². The second kappa shape index (κ2) is 7.31. The zero-order valence-electron chi connectivity index (χ0n) is 11.7. The standard InChI is InChI=1S/C15H19ClN2O3/c16-7-4-14(20)18-8-5-12(6-9-18)17-15(21)11-2-1-3-13(19)10-11/h1-3,10,12,19H,4-9H2,(H,17,21). The maximum absolute atomic E-state index is 12.1. The van der Waals surface area contributed by atoms with Crippen molar-refractivity contribution in [2.24, 2.45) is 0 Å². The van der Waals surface area contributed by atoms with Crippen LogP contribution in [0.3, 0.4) is 0 Å². The predicted octanol–water partition coefficient (Wildman–Crippen LogP) is 1.74.